The largest absolute Gasteiger partial charge is 0.510 e. The minimum atomic E-state index is -0.427. The summed E-state index contributed by atoms with van der Waals surface area (Å²) in [7, 11) is 0. The van der Waals surface area contributed by atoms with Crippen LogP contribution in [0.2, 0.25) is 0 Å². The zero-order chi connectivity index (χ0) is 20.4. The molecule has 4 aromatic rings. The van der Waals surface area contributed by atoms with E-state index in [0.717, 1.165) is 22.5 Å². The van der Waals surface area contributed by atoms with Gasteiger partial charge in [-0.25, -0.2) is 4.98 Å². The molecule has 4 rings (SSSR count). The predicted molar refractivity (Wildman–Crippen MR) is 113 cm³/mol. The second-order valence-electron chi connectivity index (χ2n) is 6.44. The molecule has 7 nitrogen and oxygen atoms in total. The van der Waals surface area contributed by atoms with Crippen molar-refractivity contribution in [1.29, 1.82) is 5.26 Å². The summed E-state index contributed by atoms with van der Waals surface area (Å²) in [6.07, 6.45) is 0. The molecule has 29 heavy (non-hydrogen) atoms. The predicted octanol–water partition coefficient (Wildman–Crippen LogP) is 4.43. The Morgan fingerprint density at radius 2 is 1.86 bits per heavy atom. The molecule has 2 aromatic carbocycles. The number of imidazole rings is 1. The third-order valence-electron chi connectivity index (χ3n) is 4.47. The van der Waals surface area contributed by atoms with Gasteiger partial charge in [0.05, 0.1) is 16.3 Å². The molecule has 8 heteroatoms. The van der Waals surface area contributed by atoms with Crippen LogP contribution in [0.5, 0.6) is 0 Å². The molecule has 1 atom stereocenters. The summed E-state index contributed by atoms with van der Waals surface area (Å²) in [5.41, 5.74) is 2.60. The molecule has 0 bridgehead atoms. The number of para-hydroxylation sites is 3. The van der Waals surface area contributed by atoms with Crippen molar-refractivity contribution >= 4 is 28.4 Å². The van der Waals surface area contributed by atoms with Crippen LogP contribution in [0.25, 0.3) is 22.3 Å². The summed E-state index contributed by atoms with van der Waals surface area (Å²) < 4.78 is 1.92. The number of allylic oxidation sites excluding steroid dienone is 1. The van der Waals surface area contributed by atoms with Crippen molar-refractivity contribution in [2.75, 3.05) is 0 Å². The average molecular weight is 402 g/mol. The van der Waals surface area contributed by atoms with Gasteiger partial charge in [-0.3, -0.25) is 4.57 Å². The number of nitrogens with zero attached hydrogens (tertiary/aromatic N) is 5. The zero-order valence-corrected chi connectivity index (χ0v) is 16.7. The van der Waals surface area contributed by atoms with Crippen molar-refractivity contribution < 1.29 is 5.11 Å². The first-order valence-corrected chi connectivity index (χ1v) is 9.89. The van der Waals surface area contributed by atoms with Gasteiger partial charge in [0.15, 0.2) is 11.0 Å². The fourth-order valence-electron chi connectivity index (χ4n) is 3.01. The maximum atomic E-state index is 10.8. The first-order chi connectivity index (χ1) is 14.1. The summed E-state index contributed by atoms with van der Waals surface area (Å²) in [6, 6.07) is 19.3. The van der Waals surface area contributed by atoms with E-state index in [1.54, 1.807) is 0 Å². The van der Waals surface area contributed by atoms with E-state index in [2.05, 4.69) is 26.2 Å². The molecule has 0 spiro atoms. The lowest BCUT2D eigenvalue weighted by atomic mass is 10.2. The summed E-state index contributed by atoms with van der Waals surface area (Å²) in [5.74, 6) is 1.03. The molecule has 0 aliphatic carbocycles. The Balaban J connectivity index is 1.67. The number of aromatic nitrogens is 5. The number of thioether (sulfide) groups is 1. The van der Waals surface area contributed by atoms with E-state index in [0.29, 0.717) is 11.0 Å². The summed E-state index contributed by atoms with van der Waals surface area (Å²) in [5, 5.41) is 29.1. The number of fused-ring (bicyclic) bond motifs is 1. The van der Waals surface area contributed by atoms with Crippen LogP contribution in [-0.2, 0) is 0 Å². The summed E-state index contributed by atoms with van der Waals surface area (Å²) >= 11 is 1.33. The van der Waals surface area contributed by atoms with E-state index in [1.165, 1.54) is 11.8 Å². The molecule has 2 heterocycles. The van der Waals surface area contributed by atoms with Crippen molar-refractivity contribution in [3.05, 3.63) is 72.0 Å². The van der Waals surface area contributed by atoms with Gasteiger partial charge in [-0.05, 0) is 38.1 Å². The highest BCUT2D eigenvalue weighted by atomic mass is 32.2. The van der Waals surface area contributed by atoms with Crippen LogP contribution < -0.4 is 0 Å². The molecule has 0 saturated heterocycles. The first kappa shape index (κ1) is 18.8. The molecule has 0 fully saturated rings. The molecule has 0 aliphatic rings. The number of aromatic amines is 1. The molecule has 2 N–H and O–H groups in total. The van der Waals surface area contributed by atoms with Gasteiger partial charge >= 0.3 is 0 Å². The maximum Gasteiger partial charge on any atom is 0.196 e. The lowest BCUT2D eigenvalue weighted by Gasteiger charge is -2.13. The molecular formula is C21H18N6OS. The van der Waals surface area contributed by atoms with Crippen molar-refractivity contribution in [2.24, 2.45) is 0 Å². The number of aryl methyl sites for hydroxylation is 1. The van der Waals surface area contributed by atoms with Gasteiger partial charge in [-0.1, -0.05) is 42.1 Å². The Morgan fingerprint density at radius 1 is 1.14 bits per heavy atom. The molecule has 0 unspecified atom stereocenters. The normalized spacial score (nSPS) is 13.1. The Hall–Kier alpha value is -3.57. The van der Waals surface area contributed by atoms with Crippen LogP contribution >= 0.6 is 11.8 Å². The Labute approximate surface area is 171 Å². The lowest BCUT2D eigenvalue weighted by Crippen LogP contribution is -2.07. The molecular weight excluding hydrogens is 384 g/mol. The summed E-state index contributed by atoms with van der Waals surface area (Å²) in [6.45, 7) is 3.69. The van der Waals surface area contributed by atoms with Gasteiger partial charge in [-0.2, -0.15) is 5.26 Å². The monoisotopic (exact) mass is 402 g/mol. The molecule has 144 valence electrons. The smallest absolute Gasteiger partial charge is 0.196 e. The topological polar surface area (TPSA) is 103 Å². The van der Waals surface area contributed by atoms with E-state index in [1.807, 2.05) is 73.0 Å². The minimum absolute atomic E-state index is 0.0585. The zero-order valence-electron chi connectivity index (χ0n) is 15.9. The van der Waals surface area contributed by atoms with E-state index in [4.69, 9.17) is 0 Å². The number of hydrogen-bond donors (Lipinski definition) is 2. The first-order valence-electron chi connectivity index (χ1n) is 9.01. The SMILES string of the molecule is Cc1nnc(S[C@H](C)/C(O)=C(\C#N)c2nc3ccccc3[nH]2)n1-c1ccccc1. The third-order valence-corrected chi connectivity index (χ3v) is 5.52. The van der Waals surface area contributed by atoms with Gasteiger partial charge in [0, 0.05) is 5.69 Å². The highest BCUT2D eigenvalue weighted by molar-refractivity contribution is 7.99. The third kappa shape index (κ3) is 3.60. The van der Waals surface area contributed by atoms with Gasteiger partial charge in [0.1, 0.15) is 23.2 Å². The standard InChI is InChI=1S/C21H18N6OS/c1-13(29-21-26-25-14(2)27(21)15-8-4-3-5-9-15)19(28)16(12-22)20-23-17-10-6-7-11-18(17)24-20/h3-11,13,28H,1-2H3,(H,23,24)/b19-16-/t13-/m1/s1. The fraction of sp³-hybridized carbons (Fsp3) is 0.143. The van der Waals surface area contributed by atoms with E-state index in [9.17, 15) is 10.4 Å². The number of benzene rings is 2. The highest BCUT2D eigenvalue weighted by Gasteiger charge is 2.22. The Bertz CT molecular complexity index is 1200. The number of aliphatic hydroxyl groups excluding tert-OH is 1. The van der Waals surface area contributed by atoms with Crippen molar-refractivity contribution in [2.45, 2.75) is 24.3 Å². The van der Waals surface area contributed by atoms with Gasteiger partial charge < -0.3 is 10.1 Å². The van der Waals surface area contributed by atoms with Crippen LogP contribution in [0.4, 0.5) is 0 Å². The van der Waals surface area contributed by atoms with Gasteiger partial charge in [0.2, 0.25) is 0 Å². The fourth-order valence-corrected chi connectivity index (χ4v) is 3.99. The highest BCUT2D eigenvalue weighted by Crippen LogP contribution is 2.31. The van der Waals surface area contributed by atoms with E-state index < -0.39 is 5.25 Å². The molecule has 0 aliphatic heterocycles. The molecule has 2 aromatic heterocycles. The number of rotatable bonds is 5. The number of H-pyrrole nitrogens is 1. The molecule has 0 radical (unpaired) electrons. The lowest BCUT2D eigenvalue weighted by molar-refractivity contribution is 0.401. The van der Waals surface area contributed by atoms with E-state index >= 15 is 0 Å². The van der Waals surface area contributed by atoms with Gasteiger partial charge in [-0.15, -0.1) is 10.2 Å². The average Bonchev–Trinajstić information content (AvgIpc) is 3.32. The Morgan fingerprint density at radius 3 is 2.59 bits per heavy atom. The van der Waals surface area contributed by atoms with Crippen LogP contribution in [0.1, 0.15) is 18.6 Å². The Kier molecular flexibility index (Phi) is 5.06. The second-order valence-corrected chi connectivity index (χ2v) is 7.74. The van der Waals surface area contributed by atoms with E-state index in [-0.39, 0.29) is 11.3 Å². The maximum absolute atomic E-state index is 10.8. The van der Waals surface area contributed by atoms with Crippen LogP contribution in [0.15, 0.2) is 65.5 Å². The second kappa shape index (κ2) is 7.81. The quantitative estimate of drug-likeness (QED) is 0.291. The van der Waals surface area contributed by atoms with Crippen molar-refractivity contribution in [3.8, 4) is 11.8 Å². The van der Waals surface area contributed by atoms with Crippen LogP contribution in [0, 0.1) is 18.3 Å². The number of hydrogen-bond acceptors (Lipinski definition) is 6. The van der Waals surface area contributed by atoms with Crippen molar-refractivity contribution in [3.63, 3.8) is 0 Å². The number of nitriles is 1. The van der Waals surface area contributed by atoms with Crippen molar-refractivity contribution in [1.82, 2.24) is 24.7 Å². The van der Waals surface area contributed by atoms with Crippen LogP contribution in [0.3, 0.4) is 0 Å². The number of aliphatic hydroxyl groups is 1. The number of nitrogens with one attached hydrogen (secondary N) is 1. The van der Waals surface area contributed by atoms with Crippen LogP contribution in [-0.4, -0.2) is 35.1 Å². The minimum Gasteiger partial charge on any atom is -0.510 e. The summed E-state index contributed by atoms with van der Waals surface area (Å²) in [4.78, 5) is 7.52. The molecule has 0 saturated carbocycles. The van der Waals surface area contributed by atoms with Gasteiger partial charge in [0.25, 0.3) is 0 Å². The molecule has 0 amide bonds.